The lowest BCUT2D eigenvalue weighted by Crippen LogP contribution is -2.43. The topological polar surface area (TPSA) is 55.8 Å². The van der Waals surface area contributed by atoms with Crippen molar-refractivity contribution in [3.63, 3.8) is 0 Å². The normalized spacial score (nSPS) is 25.2. The molecule has 0 saturated carbocycles. The van der Waals surface area contributed by atoms with Gasteiger partial charge in [-0.25, -0.2) is 0 Å². The van der Waals surface area contributed by atoms with Crippen molar-refractivity contribution in [1.82, 2.24) is 9.80 Å². The Balaban J connectivity index is 1.60. The molecule has 24 heavy (non-hydrogen) atoms. The number of amides is 1. The number of nitrogens with one attached hydrogen (secondary N) is 1. The van der Waals surface area contributed by atoms with Crippen molar-refractivity contribution in [2.75, 3.05) is 31.6 Å². The molecular formula is C19H29N3O2. The van der Waals surface area contributed by atoms with Crippen LogP contribution < -0.4 is 5.32 Å². The molecule has 0 bridgehead atoms. The van der Waals surface area contributed by atoms with E-state index in [1.54, 1.807) is 0 Å². The number of carbonyl (C=O) groups excluding carboxylic acids is 1. The molecule has 2 heterocycles. The lowest BCUT2D eigenvalue weighted by Gasteiger charge is -2.31. The van der Waals surface area contributed by atoms with Gasteiger partial charge in [0.05, 0.1) is 6.61 Å². The van der Waals surface area contributed by atoms with Crippen LogP contribution in [0.1, 0.15) is 38.2 Å². The van der Waals surface area contributed by atoms with Crippen LogP contribution in [0.3, 0.4) is 0 Å². The van der Waals surface area contributed by atoms with Crippen LogP contribution in [-0.2, 0) is 11.3 Å². The highest BCUT2D eigenvalue weighted by Gasteiger charge is 2.31. The Morgan fingerprint density at radius 1 is 1.21 bits per heavy atom. The summed E-state index contributed by atoms with van der Waals surface area (Å²) in [5, 5.41) is 12.4. The minimum atomic E-state index is -0.0322. The van der Waals surface area contributed by atoms with Crippen molar-refractivity contribution in [2.45, 2.75) is 51.2 Å². The van der Waals surface area contributed by atoms with Crippen LogP contribution in [-0.4, -0.2) is 59.1 Å². The molecule has 0 spiro atoms. The molecule has 1 aromatic rings. The number of nitrogens with zero attached hydrogens (tertiary/aromatic N) is 2. The van der Waals surface area contributed by atoms with Gasteiger partial charge in [0.15, 0.2) is 0 Å². The monoisotopic (exact) mass is 331 g/mol. The van der Waals surface area contributed by atoms with Gasteiger partial charge in [0, 0.05) is 37.8 Å². The second kappa shape index (κ2) is 8.10. The summed E-state index contributed by atoms with van der Waals surface area (Å²) in [4.78, 5) is 16.3. The maximum absolute atomic E-state index is 11.2. The molecule has 0 radical (unpaired) electrons. The van der Waals surface area contributed by atoms with E-state index in [1.165, 1.54) is 31.7 Å². The third-order valence-electron chi connectivity index (χ3n) is 5.29. The smallest absolute Gasteiger partial charge is 0.221 e. The molecule has 0 unspecified atom stereocenters. The highest BCUT2D eigenvalue weighted by Crippen LogP contribution is 2.25. The molecule has 2 atom stereocenters. The lowest BCUT2D eigenvalue weighted by molar-refractivity contribution is -0.114. The summed E-state index contributed by atoms with van der Waals surface area (Å²) in [5.74, 6) is -0.0322. The average Bonchev–Trinajstić information content (AvgIpc) is 3.17. The summed E-state index contributed by atoms with van der Waals surface area (Å²) < 4.78 is 0. The quantitative estimate of drug-likeness (QED) is 0.838. The van der Waals surface area contributed by atoms with Gasteiger partial charge in [-0.2, -0.15) is 0 Å². The molecular weight excluding hydrogens is 302 g/mol. The highest BCUT2D eigenvalue weighted by atomic mass is 16.3. The minimum Gasteiger partial charge on any atom is -0.395 e. The molecule has 2 aliphatic rings. The van der Waals surface area contributed by atoms with Crippen LogP contribution in [0.15, 0.2) is 24.3 Å². The van der Waals surface area contributed by atoms with E-state index in [2.05, 4.69) is 27.2 Å². The van der Waals surface area contributed by atoms with Gasteiger partial charge in [0.2, 0.25) is 5.91 Å². The van der Waals surface area contributed by atoms with Gasteiger partial charge in [-0.1, -0.05) is 12.1 Å². The number of benzene rings is 1. The SMILES string of the molecule is CC(=O)Nc1cccc(CN2CCC[C@@H]2CN2CCC[C@H]2CO)c1. The number of aliphatic hydroxyl groups is 1. The number of rotatable bonds is 6. The van der Waals surface area contributed by atoms with E-state index in [4.69, 9.17) is 0 Å². The van der Waals surface area contributed by atoms with E-state index in [0.29, 0.717) is 12.1 Å². The van der Waals surface area contributed by atoms with Crippen molar-refractivity contribution in [3.05, 3.63) is 29.8 Å². The standard InChI is InChI=1S/C19H29N3O2/c1-15(24)20-17-6-2-5-16(11-17)12-21-9-3-7-18(21)13-22-10-4-8-19(22)14-23/h2,5-6,11,18-19,23H,3-4,7-10,12-14H2,1H3,(H,20,24)/t18-,19+/m1/s1. The van der Waals surface area contributed by atoms with Gasteiger partial charge in [-0.15, -0.1) is 0 Å². The zero-order valence-corrected chi connectivity index (χ0v) is 14.6. The van der Waals surface area contributed by atoms with Crippen LogP contribution >= 0.6 is 0 Å². The molecule has 2 N–H and O–H groups in total. The summed E-state index contributed by atoms with van der Waals surface area (Å²) in [6.45, 7) is 6.06. The summed E-state index contributed by atoms with van der Waals surface area (Å²) in [7, 11) is 0. The van der Waals surface area contributed by atoms with Gasteiger partial charge in [-0.3, -0.25) is 14.6 Å². The molecule has 132 valence electrons. The Bertz CT molecular complexity index is 563. The number of hydrogen-bond donors (Lipinski definition) is 2. The zero-order valence-electron chi connectivity index (χ0n) is 14.6. The van der Waals surface area contributed by atoms with Crippen molar-refractivity contribution < 1.29 is 9.90 Å². The third-order valence-corrected chi connectivity index (χ3v) is 5.29. The minimum absolute atomic E-state index is 0.0322. The Labute approximate surface area is 144 Å². The van der Waals surface area contributed by atoms with E-state index >= 15 is 0 Å². The van der Waals surface area contributed by atoms with E-state index in [-0.39, 0.29) is 12.5 Å². The average molecular weight is 331 g/mol. The fourth-order valence-electron chi connectivity index (χ4n) is 4.11. The summed E-state index contributed by atoms with van der Waals surface area (Å²) >= 11 is 0. The summed E-state index contributed by atoms with van der Waals surface area (Å²) in [6.07, 6.45) is 4.81. The van der Waals surface area contributed by atoms with Crippen LogP contribution in [0.25, 0.3) is 0 Å². The molecule has 2 fully saturated rings. The fraction of sp³-hybridized carbons (Fsp3) is 0.632. The van der Waals surface area contributed by atoms with Gasteiger partial charge >= 0.3 is 0 Å². The maximum Gasteiger partial charge on any atom is 0.221 e. The van der Waals surface area contributed by atoms with Gasteiger partial charge in [-0.05, 0) is 56.5 Å². The Morgan fingerprint density at radius 2 is 1.96 bits per heavy atom. The second-order valence-corrected chi connectivity index (χ2v) is 7.12. The highest BCUT2D eigenvalue weighted by molar-refractivity contribution is 5.88. The first-order valence-electron chi connectivity index (χ1n) is 9.11. The van der Waals surface area contributed by atoms with Crippen molar-refractivity contribution in [2.24, 2.45) is 0 Å². The van der Waals surface area contributed by atoms with E-state index in [1.807, 2.05) is 12.1 Å². The lowest BCUT2D eigenvalue weighted by atomic mass is 10.1. The Morgan fingerprint density at radius 3 is 2.71 bits per heavy atom. The number of carbonyl (C=O) groups is 1. The van der Waals surface area contributed by atoms with Crippen molar-refractivity contribution in [3.8, 4) is 0 Å². The third kappa shape index (κ3) is 4.35. The molecule has 2 aliphatic heterocycles. The molecule has 5 nitrogen and oxygen atoms in total. The summed E-state index contributed by atoms with van der Waals surface area (Å²) in [6, 6.07) is 9.07. The molecule has 1 amide bonds. The Kier molecular flexibility index (Phi) is 5.87. The molecule has 1 aromatic carbocycles. The second-order valence-electron chi connectivity index (χ2n) is 7.12. The summed E-state index contributed by atoms with van der Waals surface area (Å²) in [5.41, 5.74) is 2.11. The molecule has 5 heteroatoms. The number of anilines is 1. The van der Waals surface area contributed by atoms with E-state index in [0.717, 1.165) is 38.3 Å². The van der Waals surface area contributed by atoms with Gasteiger partial charge in [0.25, 0.3) is 0 Å². The first-order chi connectivity index (χ1) is 11.7. The van der Waals surface area contributed by atoms with E-state index < -0.39 is 0 Å². The van der Waals surface area contributed by atoms with Crippen molar-refractivity contribution >= 4 is 11.6 Å². The predicted octanol–water partition coefficient (Wildman–Crippen LogP) is 2.07. The van der Waals surface area contributed by atoms with Gasteiger partial charge < -0.3 is 10.4 Å². The molecule has 3 rings (SSSR count). The fourth-order valence-corrected chi connectivity index (χ4v) is 4.11. The predicted molar refractivity (Wildman–Crippen MR) is 95.9 cm³/mol. The van der Waals surface area contributed by atoms with Crippen molar-refractivity contribution in [1.29, 1.82) is 0 Å². The molecule has 0 aromatic heterocycles. The number of hydrogen-bond acceptors (Lipinski definition) is 4. The first-order valence-corrected chi connectivity index (χ1v) is 9.11. The molecule has 2 saturated heterocycles. The molecule has 0 aliphatic carbocycles. The zero-order chi connectivity index (χ0) is 16.9. The first kappa shape index (κ1) is 17.4. The van der Waals surface area contributed by atoms with Gasteiger partial charge in [0.1, 0.15) is 0 Å². The number of aliphatic hydroxyl groups excluding tert-OH is 1. The maximum atomic E-state index is 11.2. The largest absolute Gasteiger partial charge is 0.395 e. The van der Waals surface area contributed by atoms with Crippen LogP contribution in [0.4, 0.5) is 5.69 Å². The van der Waals surface area contributed by atoms with Crippen LogP contribution in [0, 0.1) is 0 Å². The van der Waals surface area contributed by atoms with E-state index in [9.17, 15) is 9.90 Å². The van der Waals surface area contributed by atoms with Crippen LogP contribution in [0.2, 0.25) is 0 Å². The van der Waals surface area contributed by atoms with Crippen LogP contribution in [0.5, 0.6) is 0 Å². The number of likely N-dealkylation sites (tertiary alicyclic amines) is 2. The Hall–Kier alpha value is -1.43.